The van der Waals surface area contributed by atoms with Gasteiger partial charge in [0.15, 0.2) is 0 Å². The van der Waals surface area contributed by atoms with Gasteiger partial charge in [-0.3, -0.25) is 4.90 Å². The van der Waals surface area contributed by atoms with Crippen LogP contribution in [0.3, 0.4) is 0 Å². The predicted octanol–water partition coefficient (Wildman–Crippen LogP) is 2.31. The van der Waals surface area contributed by atoms with Crippen molar-refractivity contribution in [1.82, 2.24) is 9.80 Å². The first-order valence-electron chi connectivity index (χ1n) is 6.89. The van der Waals surface area contributed by atoms with Crippen molar-refractivity contribution in [3.63, 3.8) is 0 Å². The van der Waals surface area contributed by atoms with Gasteiger partial charge in [-0.25, -0.2) is 0 Å². The van der Waals surface area contributed by atoms with Gasteiger partial charge in [0.05, 0.1) is 0 Å². The SMILES string of the molecule is CCN1CCCC1CN(C)Cc1cccc(O)c1. The Morgan fingerprint density at radius 1 is 1.44 bits per heavy atom. The Kier molecular flexibility index (Phi) is 4.61. The van der Waals surface area contributed by atoms with Gasteiger partial charge in [0.25, 0.3) is 0 Å². The van der Waals surface area contributed by atoms with Crippen LogP contribution in [0, 0.1) is 0 Å². The third-order valence-electron chi connectivity index (χ3n) is 3.79. The van der Waals surface area contributed by atoms with Crippen LogP contribution in [-0.2, 0) is 6.54 Å². The van der Waals surface area contributed by atoms with Crippen molar-refractivity contribution in [2.75, 3.05) is 26.7 Å². The second-order valence-corrected chi connectivity index (χ2v) is 5.29. The molecule has 1 N–H and O–H groups in total. The van der Waals surface area contributed by atoms with Gasteiger partial charge in [-0.1, -0.05) is 19.1 Å². The summed E-state index contributed by atoms with van der Waals surface area (Å²) in [6.45, 7) is 6.67. The summed E-state index contributed by atoms with van der Waals surface area (Å²) in [6.07, 6.45) is 2.65. The zero-order chi connectivity index (χ0) is 13.0. The third-order valence-corrected chi connectivity index (χ3v) is 3.79. The highest BCUT2D eigenvalue weighted by molar-refractivity contribution is 5.26. The molecule has 1 aromatic rings. The number of phenols is 1. The number of likely N-dealkylation sites (N-methyl/N-ethyl adjacent to an activating group) is 2. The second kappa shape index (κ2) is 6.21. The third kappa shape index (κ3) is 3.47. The van der Waals surface area contributed by atoms with E-state index in [1.807, 2.05) is 12.1 Å². The van der Waals surface area contributed by atoms with Crippen LogP contribution in [-0.4, -0.2) is 47.6 Å². The van der Waals surface area contributed by atoms with Crippen LogP contribution < -0.4 is 0 Å². The minimum absolute atomic E-state index is 0.358. The van der Waals surface area contributed by atoms with Crippen LogP contribution in [0.1, 0.15) is 25.3 Å². The molecule has 1 saturated heterocycles. The normalized spacial score (nSPS) is 20.7. The van der Waals surface area contributed by atoms with Gasteiger partial charge in [-0.15, -0.1) is 0 Å². The van der Waals surface area contributed by atoms with Gasteiger partial charge < -0.3 is 10.0 Å². The highest BCUT2D eigenvalue weighted by Crippen LogP contribution is 2.18. The van der Waals surface area contributed by atoms with Gasteiger partial charge in [0, 0.05) is 19.1 Å². The highest BCUT2D eigenvalue weighted by atomic mass is 16.3. The molecule has 2 rings (SSSR count). The number of nitrogens with zero attached hydrogens (tertiary/aromatic N) is 2. The molecule has 1 atom stereocenters. The number of hydrogen-bond donors (Lipinski definition) is 1. The fraction of sp³-hybridized carbons (Fsp3) is 0.600. The van der Waals surface area contributed by atoms with Crippen molar-refractivity contribution < 1.29 is 5.11 Å². The average Bonchev–Trinajstić information content (AvgIpc) is 2.76. The molecule has 100 valence electrons. The molecule has 0 aromatic heterocycles. The molecule has 1 aromatic carbocycles. The molecule has 3 nitrogen and oxygen atoms in total. The molecule has 1 unspecified atom stereocenters. The molecular weight excluding hydrogens is 224 g/mol. The lowest BCUT2D eigenvalue weighted by molar-refractivity contribution is 0.194. The summed E-state index contributed by atoms with van der Waals surface area (Å²) in [5.41, 5.74) is 1.18. The van der Waals surface area contributed by atoms with Crippen LogP contribution in [0.4, 0.5) is 0 Å². The van der Waals surface area contributed by atoms with Gasteiger partial charge in [-0.2, -0.15) is 0 Å². The molecule has 0 bridgehead atoms. The monoisotopic (exact) mass is 248 g/mol. The molecule has 1 aliphatic rings. The van der Waals surface area contributed by atoms with Gasteiger partial charge >= 0.3 is 0 Å². The van der Waals surface area contributed by atoms with Crippen LogP contribution in [0.2, 0.25) is 0 Å². The van der Waals surface area contributed by atoms with E-state index in [0.717, 1.165) is 19.6 Å². The van der Waals surface area contributed by atoms with Crippen molar-refractivity contribution in [2.45, 2.75) is 32.4 Å². The zero-order valence-corrected chi connectivity index (χ0v) is 11.5. The lowest BCUT2D eigenvalue weighted by Gasteiger charge is -2.27. The Morgan fingerprint density at radius 3 is 3.00 bits per heavy atom. The smallest absolute Gasteiger partial charge is 0.115 e. The quantitative estimate of drug-likeness (QED) is 0.866. The van der Waals surface area contributed by atoms with Gasteiger partial charge in [0.2, 0.25) is 0 Å². The maximum absolute atomic E-state index is 9.46. The Labute approximate surface area is 110 Å². The van der Waals surface area contributed by atoms with E-state index in [0.29, 0.717) is 11.8 Å². The largest absolute Gasteiger partial charge is 0.508 e. The zero-order valence-electron chi connectivity index (χ0n) is 11.5. The molecule has 3 heteroatoms. The molecule has 0 radical (unpaired) electrons. The summed E-state index contributed by atoms with van der Waals surface area (Å²) in [7, 11) is 2.16. The van der Waals surface area contributed by atoms with Crippen molar-refractivity contribution in [3.05, 3.63) is 29.8 Å². The van der Waals surface area contributed by atoms with Crippen LogP contribution >= 0.6 is 0 Å². The fourth-order valence-electron chi connectivity index (χ4n) is 2.91. The van der Waals surface area contributed by atoms with E-state index < -0.39 is 0 Å². The molecule has 1 heterocycles. The van der Waals surface area contributed by atoms with E-state index in [9.17, 15) is 5.11 Å². The Bertz CT molecular complexity index is 381. The van der Waals surface area contributed by atoms with Crippen molar-refractivity contribution in [1.29, 1.82) is 0 Å². The molecule has 1 aliphatic heterocycles. The van der Waals surface area contributed by atoms with Crippen molar-refractivity contribution in [3.8, 4) is 5.75 Å². The standard InChI is InChI=1S/C15H24N2O/c1-3-17-9-5-7-14(17)12-16(2)11-13-6-4-8-15(18)10-13/h4,6,8,10,14,18H,3,5,7,9,11-12H2,1-2H3. The number of hydrogen-bond acceptors (Lipinski definition) is 3. The average molecular weight is 248 g/mol. The van der Waals surface area contributed by atoms with E-state index in [4.69, 9.17) is 0 Å². The minimum atomic E-state index is 0.358. The summed E-state index contributed by atoms with van der Waals surface area (Å²) in [5.74, 6) is 0.358. The summed E-state index contributed by atoms with van der Waals surface area (Å²) >= 11 is 0. The van der Waals surface area contributed by atoms with E-state index in [1.165, 1.54) is 24.9 Å². The van der Waals surface area contributed by atoms with Gasteiger partial charge in [0.1, 0.15) is 5.75 Å². The number of benzene rings is 1. The van der Waals surface area contributed by atoms with Crippen LogP contribution in [0.15, 0.2) is 24.3 Å². The molecule has 0 aliphatic carbocycles. The molecule has 0 amide bonds. The molecular formula is C15H24N2O. The minimum Gasteiger partial charge on any atom is -0.508 e. The summed E-state index contributed by atoms with van der Waals surface area (Å²) in [5, 5.41) is 9.46. The van der Waals surface area contributed by atoms with E-state index in [2.05, 4.69) is 29.8 Å². The van der Waals surface area contributed by atoms with E-state index >= 15 is 0 Å². The topological polar surface area (TPSA) is 26.7 Å². The molecule has 0 spiro atoms. The van der Waals surface area contributed by atoms with Crippen molar-refractivity contribution in [2.24, 2.45) is 0 Å². The second-order valence-electron chi connectivity index (χ2n) is 5.29. The Morgan fingerprint density at radius 2 is 2.28 bits per heavy atom. The number of phenolic OH excluding ortho intramolecular Hbond substituents is 1. The maximum atomic E-state index is 9.46. The first-order chi connectivity index (χ1) is 8.69. The lowest BCUT2D eigenvalue weighted by atomic mass is 10.1. The molecule has 18 heavy (non-hydrogen) atoms. The molecule has 1 fully saturated rings. The Hall–Kier alpha value is -1.06. The number of rotatable bonds is 5. The van der Waals surface area contributed by atoms with E-state index in [1.54, 1.807) is 6.07 Å². The predicted molar refractivity (Wildman–Crippen MR) is 74.7 cm³/mol. The maximum Gasteiger partial charge on any atom is 0.115 e. The first kappa shape index (κ1) is 13.4. The van der Waals surface area contributed by atoms with Crippen LogP contribution in [0.25, 0.3) is 0 Å². The summed E-state index contributed by atoms with van der Waals surface area (Å²) in [4.78, 5) is 4.92. The molecule has 0 saturated carbocycles. The van der Waals surface area contributed by atoms with Gasteiger partial charge in [-0.05, 0) is 50.7 Å². The first-order valence-corrected chi connectivity index (χ1v) is 6.89. The van der Waals surface area contributed by atoms with E-state index in [-0.39, 0.29) is 0 Å². The lowest BCUT2D eigenvalue weighted by Crippen LogP contribution is -2.38. The fourth-order valence-corrected chi connectivity index (χ4v) is 2.91. The highest BCUT2D eigenvalue weighted by Gasteiger charge is 2.23. The van der Waals surface area contributed by atoms with Crippen molar-refractivity contribution >= 4 is 0 Å². The van der Waals surface area contributed by atoms with Crippen LogP contribution in [0.5, 0.6) is 5.75 Å². The number of likely N-dealkylation sites (tertiary alicyclic amines) is 1. The summed E-state index contributed by atoms with van der Waals surface area (Å²) < 4.78 is 0. The summed E-state index contributed by atoms with van der Waals surface area (Å²) in [6, 6.07) is 8.26. The Balaban J connectivity index is 1.86. The number of aromatic hydroxyl groups is 1.